The van der Waals surface area contributed by atoms with Crippen LogP contribution in [-0.2, 0) is 10.0 Å². The van der Waals surface area contributed by atoms with Crippen molar-refractivity contribution < 1.29 is 13.2 Å². The third-order valence-corrected chi connectivity index (χ3v) is 5.76. The lowest BCUT2D eigenvalue weighted by Crippen LogP contribution is -2.16. The minimum absolute atomic E-state index is 0.00396. The standard InChI is InChI=1S/C21H19ClN2O3S/c1-14-6-11-20(15(2)12-14)23-21(25)16-4-3-5-19(13-16)28(26,27)24-18-9-7-17(22)8-10-18/h3-13,24H,1-2H3,(H,23,25). The molecule has 0 aliphatic heterocycles. The molecule has 0 aromatic heterocycles. The normalized spacial score (nSPS) is 11.1. The fourth-order valence-electron chi connectivity index (χ4n) is 2.68. The van der Waals surface area contributed by atoms with Gasteiger partial charge >= 0.3 is 0 Å². The Kier molecular flexibility index (Phi) is 5.72. The number of aryl methyl sites for hydroxylation is 2. The number of carbonyl (C=O) groups is 1. The Balaban J connectivity index is 1.82. The van der Waals surface area contributed by atoms with Gasteiger partial charge in [-0.2, -0.15) is 0 Å². The van der Waals surface area contributed by atoms with Gasteiger partial charge < -0.3 is 5.32 Å². The molecule has 0 aliphatic rings. The second-order valence-corrected chi connectivity index (χ2v) is 8.53. The van der Waals surface area contributed by atoms with Crippen LogP contribution in [0.3, 0.4) is 0 Å². The van der Waals surface area contributed by atoms with Crippen molar-refractivity contribution in [1.82, 2.24) is 0 Å². The van der Waals surface area contributed by atoms with Crippen LogP contribution in [0.4, 0.5) is 11.4 Å². The molecule has 0 bridgehead atoms. The van der Waals surface area contributed by atoms with E-state index in [-0.39, 0.29) is 16.4 Å². The summed E-state index contributed by atoms with van der Waals surface area (Å²) in [6.07, 6.45) is 0. The predicted octanol–water partition coefficient (Wildman–Crippen LogP) is 5.01. The van der Waals surface area contributed by atoms with Crippen LogP contribution < -0.4 is 10.0 Å². The molecule has 144 valence electrons. The van der Waals surface area contributed by atoms with Crippen LogP contribution in [0.5, 0.6) is 0 Å². The lowest BCUT2D eigenvalue weighted by molar-refractivity contribution is 0.102. The number of carbonyl (C=O) groups excluding carboxylic acids is 1. The summed E-state index contributed by atoms with van der Waals surface area (Å²) in [5.41, 5.74) is 3.34. The van der Waals surface area contributed by atoms with Crippen molar-refractivity contribution in [1.29, 1.82) is 0 Å². The van der Waals surface area contributed by atoms with Crippen LogP contribution in [0.25, 0.3) is 0 Å². The van der Waals surface area contributed by atoms with Crippen LogP contribution in [0.1, 0.15) is 21.5 Å². The number of nitrogens with one attached hydrogen (secondary N) is 2. The first-order chi connectivity index (χ1) is 13.2. The highest BCUT2D eigenvalue weighted by molar-refractivity contribution is 7.92. The average molecular weight is 415 g/mol. The lowest BCUT2D eigenvalue weighted by Gasteiger charge is -2.11. The minimum atomic E-state index is -3.84. The number of hydrogen-bond acceptors (Lipinski definition) is 3. The maximum Gasteiger partial charge on any atom is 0.261 e. The second-order valence-electron chi connectivity index (χ2n) is 6.41. The fourth-order valence-corrected chi connectivity index (χ4v) is 3.91. The van der Waals surface area contributed by atoms with E-state index in [2.05, 4.69) is 10.0 Å². The Labute approximate surface area is 169 Å². The van der Waals surface area contributed by atoms with Gasteiger partial charge in [0.25, 0.3) is 15.9 Å². The van der Waals surface area contributed by atoms with Gasteiger partial charge in [0.15, 0.2) is 0 Å². The molecule has 3 aromatic rings. The van der Waals surface area contributed by atoms with Crippen molar-refractivity contribution in [3.05, 3.63) is 88.4 Å². The molecule has 28 heavy (non-hydrogen) atoms. The van der Waals surface area contributed by atoms with E-state index in [1.165, 1.54) is 18.2 Å². The molecule has 0 unspecified atom stereocenters. The third-order valence-electron chi connectivity index (χ3n) is 4.13. The summed E-state index contributed by atoms with van der Waals surface area (Å²) < 4.78 is 27.7. The molecule has 0 heterocycles. The number of anilines is 2. The summed E-state index contributed by atoms with van der Waals surface area (Å²) in [5.74, 6) is -0.379. The summed E-state index contributed by atoms with van der Waals surface area (Å²) in [5, 5.41) is 3.33. The van der Waals surface area contributed by atoms with Crippen molar-refractivity contribution in [3.8, 4) is 0 Å². The minimum Gasteiger partial charge on any atom is -0.322 e. The van der Waals surface area contributed by atoms with Crippen LogP contribution in [-0.4, -0.2) is 14.3 Å². The zero-order valence-electron chi connectivity index (χ0n) is 15.4. The van der Waals surface area contributed by atoms with E-state index < -0.39 is 10.0 Å². The van der Waals surface area contributed by atoms with E-state index in [4.69, 9.17) is 11.6 Å². The molecular formula is C21H19ClN2O3S. The molecule has 0 fully saturated rings. The zero-order chi connectivity index (χ0) is 20.3. The monoisotopic (exact) mass is 414 g/mol. The van der Waals surface area contributed by atoms with E-state index in [0.29, 0.717) is 16.4 Å². The predicted molar refractivity (Wildman–Crippen MR) is 113 cm³/mol. The fraction of sp³-hybridized carbons (Fsp3) is 0.0952. The van der Waals surface area contributed by atoms with E-state index in [1.807, 2.05) is 32.0 Å². The van der Waals surface area contributed by atoms with Gasteiger partial charge in [0.2, 0.25) is 0 Å². The van der Waals surface area contributed by atoms with Crippen molar-refractivity contribution >= 4 is 38.9 Å². The van der Waals surface area contributed by atoms with Crippen LogP contribution in [0, 0.1) is 13.8 Å². The molecule has 0 saturated carbocycles. The topological polar surface area (TPSA) is 75.3 Å². The first-order valence-corrected chi connectivity index (χ1v) is 10.4. The van der Waals surface area contributed by atoms with Crippen LogP contribution in [0.15, 0.2) is 71.6 Å². The SMILES string of the molecule is Cc1ccc(NC(=O)c2cccc(S(=O)(=O)Nc3ccc(Cl)cc3)c2)c(C)c1. The van der Waals surface area contributed by atoms with Crippen molar-refractivity contribution in [2.45, 2.75) is 18.7 Å². The molecule has 1 amide bonds. The number of amides is 1. The molecule has 0 aliphatic carbocycles. The average Bonchev–Trinajstić information content (AvgIpc) is 2.66. The first kappa shape index (κ1) is 19.9. The van der Waals surface area contributed by atoms with E-state index in [0.717, 1.165) is 11.1 Å². The van der Waals surface area contributed by atoms with E-state index in [1.54, 1.807) is 30.3 Å². The van der Waals surface area contributed by atoms with Crippen molar-refractivity contribution in [3.63, 3.8) is 0 Å². The van der Waals surface area contributed by atoms with Gasteiger partial charge in [-0.25, -0.2) is 8.42 Å². The Bertz CT molecular complexity index is 1130. The lowest BCUT2D eigenvalue weighted by atomic mass is 10.1. The number of sulfonamides is 1. The van der Waals surface area contributed by atoms with Gasteiger partial charge in [-0.1, -0.05) is 35.4 Å². The quantitative estimate of drug-likeness (QED) is 0.616. The summed E-state index contributed by atoms with van der Waals surface area (Å²) >= 11 is 5.82. The number of benzene rings is 3. The smallest absolute Gasteiger partial charge is 0.261 e. The van der Waals surface area contributed by atoms with Gasteiger partial charge in [0, 0.05) is 22.0 Å². The third kappa shape index (κ3) is 4.71. The molecular weight excluding hydrogens is 396 g/mol. The van der Waals surface area contributed by atoms with Gasteiger partial charge in [0.05, 0.1) is 4.90 Å². The summed E-state index contributed by atoms with van der Waals surface area (Å²) in [6.45, 7) is 3.88. The number of halogens is 1. The molecule has 7 heteroatoms. The molecule has 0 spiro atoms. The Morgan fingerprint density at radius 1 is 0.929 bits per heavy atom. The molecule has 2 N–H and O–H groups in total. The Hall–Kier alpha value is -2.83. The number of rotatable bonds is 5. The highest BCUT2D eigenvalue weighted by Gasteiger charge is 2.17. The van der Waals surface area contributed by atoms with E-state index >= 15 is 0 Å². The van der Waals surface area contributed by atoms with Crippen LogP contribution >= 0.6 is 11.6 Å². The summed E-state index contributed by atoms with van der Waals surface area (Å²) in [4.78, 5) is 12.6. The van der Waals surface area contributed by atoms with Gasteiger partial charge in [-0.15, -0.1) is 0 Å². The molecule has 0 atom stereocenters. The molecule has 3 aromatic carbocycles. The van der Waals surface area contributed by atoms with Crippen LogP contribution in [0.2, 0.25) is 5.02 Å². The molecule has 0 radical (unpaired) electrons. The molecule has 0 saturated heterocycles. The number of hydrogen-bond donors (Lipinski definition) is 2. The zero-order valence-corrected chi connectivity index (χ0v) is 16.9. The highest BCUT2D eigenvalue weighted by atomic mass is 35.5. The van der Waals surface area contributed by atoms with Crippen molar-refractivity contribution in [2.24, 2.45) is 0 Å². The molecule has 3 rings (SSSR count). The molecule has 5 nitrogen and oxygen atoms in total. The maximum atomic E-state index is 12.6. The van der Waals surface area contributed by atoms with Gasteiger partial charge in [-0.3, -0.25) is 9.52 Å². The first-order valence-electron chi connectivity index (χ1n) is 8.52. The summed E-state index contributed by atoms with van der Waals surface area (Å²) in [7, 11) is -3.84. The van der Waals surface area contributed by atoms with Gasteiger partial charge in [0.1, 0.15) is 0 Å². The largest absolute Gasteiger partial charge is 0.322 e. The highest BCUT2D eigenvalue weighted by Crippen LogP contribution is 2.21. The second kappa shape index (κ2) is 8.04. The van der Waals surface area contributed by atoms with Crippen molar-refractivity contribution in [2.75, 3.05) is 10.0 Å². The summed E-state index contributed by atoms with van der Waals surface area (Å²) in [6, 6.07) is 17.9. The van der Waals surface area contributed by atoms with Gasteiger partial charge in [-0.05, 0) is 67.9 Å². The van der Waals surface area contributed by atoms with E-state index in [9.17, 15) is 13.2 Å². The Morgan fingerprint density at radius 2 is 1.64 bits per heavy atom. The Morgan fingerprint density at radius 3 is 2.32 bits per heavy atom. The maximum absolute atomic E-state index is 12.6.